The summed E-state index contributed by atoms with van der Waals surface area (Å²) in [5.41, 5.74) is 6.56. The van der Waals surface area contributed by atoms with Crippen molar-refractivity contribution in [3.8, 4) is 0 Å². The molecule has 3 rings (SSSR count). The molecule has 1 aromatic carbocycles. The van der Waals surface area contributed by atoms with Gasteiger partial charge in [0, 0.05) is 19.0 Å². The second-order valence-electron chi connectivity index (χ2n) is 5.32. The number of methoxy groups -OCH3 is 1. The van der Waals surface area contributed by atoms with Gasteiger partial charge in [-0.15, -0.1) is 0 Å². The summed E-state index contributed by atoms with van der Waals surface area (Å²) in [6.07, 6.45) is 5.08. The van der Waals surface area contributed by atoms with E-state index in [2.05, 4.69) is 29.6 Å². The number of allylic oxidation sites excluding steroid dienone is 2. The number of ether oxygens (including phenoxy) is 1. The fraction of sp³-hybridized carbons (Fsp3) is 0.353. The van der Waals surface area contributed by atoms with Gasteiger partial charge in [-0.3, -0.25) is 4.79 Å². The minimum Gasteiger partial charge on any atom is -0.496 e. The molecule has 0 heterocycles. The second kappa shape index (κ2) is 5.16. The molecule has 0 fully saturated rings. The van der Waals surface area contributed by atoms with Crippen LogP contribution in [0, 0.1) is 0 Å². The van der Waals surface area contributed by atoms with E-state index in [1.807, 2.05) is 0 Å². The van der Waals surface area contributed by atoms with Crippen molar-refractivity contribution < 1.29 is 9.53 Å². The molecule has 2 aliphatic rings. The summed E-state index contributed by atoms with van der Waals surface area (Å²) in [6, 6.07) is 6.52. The molecular weight excluding hydrogens is 250 g/mol. The Morgan fingerprint density at radius 3 is 2.85 bits per heavy atom. The summed E-state index contributed by atoms with van der Waals surface area (Å²) < 4.78 is 5.57. The van der Waals surface area contributed by atoms with E-state index in [0.717, 1.165) is 25.0 Å². The maximum Gasteiger partial charge on any atom is 0.217 e. The number of carbonyl (C=O) groups is 1. The van der Waals surface area contributed by atoms with Gasteiger partial charge in [0.05, 0.1) is 7.11 Å². The number of rotatable bonds is 3. The topological polar surface area (TPSA) is 38.3 Å². The van der Waals surface area contributed by atoms with Crippen molar-refractivity contribution in [2.24, 2.45) is 0 Å². The standard InChI is InChI=1S/C17H19NO2/c1-11(19)18-10-14-7-6-12-4-3-5-13-8-9-15(20-2)17(14)16(12)13/h3-5,9H,6-8,10H2,1-2H3,(H,18,19). The Labute approximate surface area is 119 Å². The molecule has 1 aromatic rings. The number of amides is 1. The maximum absolute atomic E-state index is 11.2. The van der Waals surface area contributed by atoms with Gasteiger partial charge in [-0.05, 0) is 47.6 Å². The number of aryl methyl sites for hydroxylation is 1. The monoisotopic (exact) mass is 269 g/mol. The quantitative estimate of drug-likeness (QED) is 0.916. The van der Waals surface area contributed by atoms with Crippen LogP contribution in [0.15, 0.2) is 35.6 Å². The molecule has 1 N–H and O–H groups in total. The summed E-state index contributed by atoms with van der Waals surface area (Å²) in [6.45, 7) is 2.17. The van der Waals surface area contributed by atoms with Gasteiger partial charge in [0.1, 0.15) is 5.76 Å². The van der Waals surface area contributed by atoms with Crippen LogP contribution in [0.25, 0.3) is 5.57 Å². The molecule has 0 unspecified atom stereocenters. The first-order valence-corrected chi connectivity index (χ1v) is 7.03. The largest absolute Gasteiger partial charge is 0.496 e. The number of nitrogens with one attached hydrogen (secondary N) is 1. The van der Waals surface area contributed by atoms with Crippen molar-refractivity contribution >= 4 is 11.5 Å². The summed E-state index contributed by atoms with van der Waals surface area (Å²) in [5.74, 6) is 0.959. The van der Waals surface area contributed by atoms with Crippen molar-refractivity contribution in [2.75, 3.05) is 13.7 Å². The predicted octanol–water partition coefficient (Wildman–Crippen LogP) is 2.61. The van der Waals surface area contributed by atoms with Crippen molar-refractivity contribution in [3.05, 3.63) is 52.3 Å². The molecule has 1 amide bonds. The third-order valence-electron chi connectivity index (χ3n) is 4.06. The van der Waals surface area contributed by atoms with E-state index in [1.54, 1.807) is 14.0 Å². The van der Waals surface area contributed by atoms with Crippen LogP contribution in [0.4, 0.5) is 0 Å². The number of benzene rings is 1. The lowest BCUT2D eigenvalue weighted by Crippen LogP contribution is -2.25. The Balaban J connectivity index is 2.10. The molecule has 0 spiro atoms. The van der Waals surface area contributed by atoms with Gasteiger partial charge < -0.3 is 10.1 Å². The van der Waals surface area contributed by atoms with Gasteiger partial charge in [-0.1, -0.05) is 18.2 Å². The Morgan fingerprint density at radius 1 is 1.30 bits per heavy atom. The Hall–Kier alpha value is -2.03. The third-order valence-corrected chi connectivity index (χ3v) is 4.06. The number of carbonyl (C=O) groups excluding carboxylic acids is 1. The van der Waals surface area contributed by atoms with Gasteiger partial charge in [0.25, 0.3) is 0 Å². The average molecular weight is 269 g/mol. The maximum atomic E-state index is 11.2. The van der Waals surface area contributed by atoms with E-state index in [4.69, 9.17) is 4.74 Å². The van der Waals surface area contributed by atoms with Crippen LogP contribution >= 0.6 is 0 Å². The molecular formula is C17H19NO2. The first-order chi connectivity index (χ1) is 9.70. The van der Waals surface area contributed by atoms with Gasteiger partial charge >= 0.3 is 0 Å². The number of hydrogen-bond acceptors (Lipinski definition) is 2. The zero-order chi connectivity index (χ0) is 14.1. The van der Waals surface area contributed by atoms with Gasteiger partial charge in [-0.25, -0.2) is 0 Å². The minimum atomic E-state index is 0.0101. The zero-order valence-corrected chi connectivity index (χ0v) is 12.0. The highest BCUT2D eigenvalue weighted by Crippen LogP contribution is 2.41. The Bertz CT molecular complexity index is 626. The van der Waals surface area contributed by atoms with E-state index >= 15 is 0 Å². The molecule has 0 saturated carbocycles. The van der Waals surface area contributed by atoms with Crippen LogP contribution in [0.1, 0.15) is 30.0 Å². The van der Waals surface area contributed by atoms with Crippen molar-refractivity contribution in [1.29, 1.82) is 0 Å². The lowest BCUT2D eigenvalue weighted by molar-refractivity contribution is -0.118. The van der Waals surface area contributed by atoms with E-state index in [0.29, 0.717) is 6.54 Å². The normalized spacial score (nSPS) is 16.4. The Morgan fingerprint density at radius 2 is 2.10 bits per heavy atom. The first kappa shape index (κ1) is 13.0. The molecule has 0 radical (unpaired) electrons. The molecule has 3 heteroatoms. The van der Waals surface area contributed by atoms with Gasteiger partial charge in [0.2, 0.25) is 5.91 Å². The van der Waals surface area contributed by atoms with Crippen LogP contribution in [-0.4, -0.2) is 19.6 Å². The highest BCUT2D eigenvalue weighted by molar-refractivity contribution is 5.87. The van der Waals surface area contributed by atoms with Crippen LogP contribution in [-0.2, 0) is 22.4 Å². The second-order valence-corrected chi connectivity index (χ2v) is 5.32. The summed E-state index contributed by atoms with van der Waals surface area (Å²) in [7, 11) is 1.72. The minimum absolute atomic E-state index is 0.0101. The van der Waals surface area contributed by atoms with Gasteiger partial charge in [-0.2, -0.15) is 0 Å². The highest BCUT2D eigenvalue weighted by atomic mass is 16.5. The summed E-state index contributed by atoms with van der Waals surface area (Å²) in [4.78, 5) is 11.2. The molecule has 20 heavy (non-hydrogen) atoms. The van der Waals surface area contributed by atoms with Crippen LogP contribution in [0.2, 0.25) is 0 Å². The summed E-state index contributed by atoms with van der Waals surface area (Å²) >= 11 is 0. The van der Waals surface area contributed by atoms with Gasteiger partial charge in [0.15, 0.2) is 0 Å². The molecule has 0 saturated heterocycles. The predicted molar refractivity (Wildman–Crippen MR) is 79.2 cm³/mol. The van der Waals surface area contributed by atoms with E-state index in [9.17, 15) is 4.79 Å². The summed E-state index contributed by atoms with van der Waals surface area (Å²) in [5, 5.41) is 2.92. The van der Waals surface area contributed by atoms with Crippen molar-refractivity contribution in [2.45, 2.75) is 26.2 Å². The van der Waals surface area contributed by atoms with Crippen LogP contribution in [0.3, 0.4) is 0 Å². The van der Waals surface area contributed by atoms with E-state index < -0.39 is 0 Å². The lowest BCUT2D eigenvalue weighted by atomic mass is 9.78. The number of hydrogen-bond donors (Lipinski definition) is 1. The SMILES string of the molecule is COC1=CCc2cccc3c2C1=C(CNC(C)=O)CC3. The van der Waals surface area contributed by atoms with E-state index in [-0.39, 0.29) is 5.91 Å². The fourth-order valence-electron chi connectivity index (χ4n) is 3.14. The van der Waals surface area contributed by atoms with E-state index in [1.165, 1.54) is 27.8 Å². The van der Waals surface area contributed by atoms with Crippen LogP contribution in [0.5, 0.6) is 0 Å². The van der Waals surface area contributed by atoms with Crippen molar-refractivity contribution in [1.82, 2.24) is 5.32 Å². The molecule has 0 atom stereocenters. The first-order valence-electron chi connectivity index (χ1n) is 7.03. The average Bonchev–Trinajstić information content (AvgIpc) is 2.47. The molecule has 0 bridgehead atoms. The molecule has 0 aromatic heterocycles. The third kappa shape index (κ3) is 2.13. The molecule has 104 valence electrons. The molecule has 2 aliphatic carbocycles. The fourth-order valence-corrected chi connectivity index (χ4v) is 3.14. The Kier molecular flexibility index (Phi) is 3.35. The zero-order valence-electron chi connectivity index (χ0n) is 12.0. The van der Waals surface area contributed by atoms with Crippen molar-refractivity contribution in [3.63, 3.8) is 0 Å². The van der Waals surface area contributed by atoms with Crippen LogP contribution < -0.4 is 5.32 Å². The molecule has 0 aliphatic heterocycles. The molecule has 3 nitrogen and oxygen atoms in total. The lowest BCUT2D eigenvalue weighted by Gasteiger charge is -2.29. The highest BCUT2D eigenvalue weighted by Gasteiger charge is 2.27. The smallest absolute Gasteiger partial charge is 0.217 e.